The van der Waals surface area contributed by atoms with Crippen molar-refractivity contribution in [2.24, 2.45) is 5.92 Å². The summed E-state index contributed by atoms with van der Waals surface area (Å²) < 4.78 is 37.5. The zero-order valence-electron chi connectivity index (χ0n) is 13.7. The van der Waals surface area contributed by atoms with Crippen molar-refractivity contribution < 1.29 is 27.8 Å². The lowest BCUT2D eigenvalue weighted by Gasteiger charge is -2.35. The Kier molecular flexibility index (Phi) is 5.62. The monoisotopic (exact) mass is 377 g/mol. The highest BCUT2D eigenvalue weighted by atomic mass is 35.5. The fourth-order valence-electron chi connectivity index (χ4n) is 2.77. The van der Waals surface area contributed by atoms with Crippen molar-refractivity contribution in [2.45, 2.75) is 30.7 Å². The van der Waals surface area contributed by atoms with E-state index in [2.05, 4.69) is 0 Å². The lowest BCUT2D eigenvalue weighted by atomic mass is 9.96. The average Bonchev–Trinajstić information content (AvgIpc) is 2.54. The molecule has 0 amide bonds. The van der Waals surface area contributed by atoms with E-state index in [1.807, 2.05) is 0 Å². The van der Waals surface area contributed by atoms with Crippen LogP contribution in [0.4, 0.5) is 0 Å². The topological polar surface area (TPSA) is 93.1 Å². The number of rotatable bonds is 5. The predicted octanol–water partition coefficient (Wildman–Crippen LogP) is 2.23. The number of benzene rings is 1. The summed E-state index contributed by atoms with van der Waals surface area (Å²) in [6.07, 6.45) is 0.920. The largest absolute Gasteiger partial charge is 0.493 e. The van der Waals surface area contributed by atoms with Crippen molar-refractivity contribution in [3.63, 3.8) is 0 Å². The maximum atomic E-state index is 13.0. The lowest BCUT2D eigenvalue weighted by Crippen LogP contribution is -2.47. The summed E-state index contributed by atoms with van der Waals surface area (Å²) in [7, 11) is -1.15. The van der Waals surface area contributed by atoms with E-state index in [0.29, 0.717) is 18.6 Å². The van der Waals surface area contributed by atoms with Crippen molar-refractivity contribution in [2.75, 3.05) is 20.8 Å². The summed E-state index contributed by atoms with van der Waals surface area (Å²) in [4.78, 5) is 11.1. The van der Waals surface area contributed by atoms with E-state index in [1.165, 1.54) is 30.7 Å². The second-order valence-corrected chi connectivity index (χ2v) is 7.94. The fourth-order valence-corrected chi connectivity index (χ4v) is 4.99. The highest BCUT2D eigenvalue weighted by molar-refractivity contribution is 7.89. The quantitative estimate of drug-likeness (QED) is 0.845. The minimum atomic E-state index is -3.96. The fraction of sp³-hybridized carbons (Fsp3) is 0.533. The number of nitrogens with zero attached hydrogens (tertiary/aromatic N) is 1. The third-order valence-electron chi connectivity index (χ3n) is 4.20. The van der Waals surface area contributed by atoms with Crippen molar-refractivity contribution in [3.05, 3.63) is 17.2 Å². The molecule has 0 saturated carbocycles. The molecule has 2 rings (SSSR count). The summed E-state index contributed by atoms with van der Waals surface area (Å²) in [6, 6.07) is 2.36. The van der Waals surface area contributed by atoms with E-state index < -0.39 is 21.9 Å². The molecule has 0 bridgehead atoms. The van der Waals surface area contributed by atoms with E-state index in [4.69, 9.17) is 21.1 Å². The summed E-state index contributed by atoms with van der Waals surface area (Å²) in [5.74, 6) is -1.17. The van der Waals surface area contributed by atoms with Gasteiger partial charge < -0.3 is 14.6 Å². The van der Waals surface area contributed by atoms with Gasteiger partial charge in [0.25, 0.3) is 0 Å². The molecule has 1 fully saturated rings. The standard InChI is InChI=1S/C15H20ClNO6S/c1-9-4-5-10(15(18)19)8-17(9)24(20,21)14-7-13(23-3)12(22-2)6-11(14)16/h6-7,9-10H,4-5,8H2,1-3H3,(H,18,19). The maximum absolute atomic E-state index is 13.0. The Hall–Kier alpha value is -1.51. The van der Waals surface area contributed by atoms with E-state index in [0.717, 1.165) is 0 Å². The smallest absolute Gasteiger partial charge is 0.307 e. The molecule has 7 nitrogen and oxygen atoms in total. The van der Waals surface area contributed by atoms with Gasteiger partial charge in [-0.3, -0.25) is 4.79 Å². The first-order valence-electron chi connectivity index (χ1n) is 7.38. The number of carboxylic acids is 1. The van der Waals surface area contributed by atoms with Gasteiger partial charge in [-0.25, -0.2) is 8.42 Å². The van der Waals surface area contributed by atoms with E-state index in [1.54, 1.807) is 6.92 Å². The third-order valence-corrected chi connectivity index (χ3v) is 6.64. The number of hydrogen-bond donors (Lipinski definition) is 1. The zero-order chi connectivity index (χ0) is 18.1. The number of halogens is 1. The second kappa shape index (κ2) is 7.16. The third kappa shape index (κ3) is 3.45. The predicted molar refractivity (Wildman–Crippen MR) is 88.3 cm³/mol. The van der Waals surface area contributed by atoms with Crippen LogP contribution in [0.25, 0.3) is 0 Å². The van der Waals surface area contributed by atoms with Crippen LogP contribution in [0.5, 0.6) is 11.5 Å². The van der Waals surface area contributed by atoms with Crippen molar-refractivity contribution in [1.29, 1.82) is 0 Å². The molecule has 1 aromatic carbocycles. The number of carbonyl (C=O) groups is 1. The van der Waals surface area contributed by atoms with Crippen LogP contribution in [0, 0.1) is 5.92 Å². The number of piperidine rings is 1. The molecule has 1 aromatic rings. The zero-order valence-corrected chi connectivity index (χ0v) is 15.2. The molecule has 9 heteroatoms. The summed E-state index contributed by atoms with van der Waals surface area (Å²) in [5, 5.41) is 9.20. The molecule has 1 aliphatic rings. The minimum Gasteiger partial charge on any atom is -0.493 e. The number of methoxy groups -OCH3 is 2. The van der Waals surface area contributed by atoms with Crippen LogP contribution in [0.1, 0.15) is 19.8 Å². The van der Waals surface area contributed by atoms with Gasteiger partial charge in [0.15, 0.2) is 11.5 Å². The van der Waals surface area contributed by atoms with E-state index >= 15 is 0 Å². The molecule has 0 aliphatic carbocycles. The van der Waals surface area contributed by atoms with Gasteiger partial charge in [0, 0.05) is 24.7 Å². The molecular weight excluding hydrogens is 358 g/mol. The average molecular weight is 378 g/mol. The molecule has 0 radical (unpaired) electrons. The highest BCUT2D eigenvalue weighted by Gasteiger charge is 2.38. The van der Waals surface area contributed by atoms with Gasteiger partial charge in [0.05, 0.1) is 25.2 Å². The summed E-state index contributed by atoms with van der Waals surface area (Å²) >= 11 is 6.13. The Bertz CT molecular complexity index is 736. The Morgan fingerprint density at radius 2 is 1.83 bits per heavy atom. The molecule has 1 saturated heterocycles. The van der Waals surface area contributed by atoms with Crippen LogP contribution < -0.4 is 9.47 Å². The Labute approximate surface area is 146 Å². The van der Waals surface area contributed by atoms with Crippen LogP contribution in [0.15, 0.2) is 17.0 Å². The maximum Gasteiger partial charge on any atom is 0.307 e. The van der Waals surface area contributed by atoms with Crippen LogP contribution in [-0.2, 0) is 14.8 Å². The van der Waals surface area contributed by atoms with Gasteiger partial charge in [-0.2, -0.15) is 4.31 Å². The first kappa shape index (κ1) is 18.8. The summed E-state index contributed by atoms with van der Waals surface area (Å²) in [6.45, 7) is 1.67. The number of ether oxygens (including phenoxy) is 2. The van der Waals surface area contributed by atoms with Crippen molar-refractivity contribution in [1.82, 2.24) is 4.31 Å². The SMILES string of the molecule is COc1cc(Cl)c(S(=O)(=O)N2CC(C(=O)O)CCC2C)cc1OC. The molecule has 1 aliphatic heterocycles. The lowest BCUT2D eigenvalue weighted by molar-refractivity contribution is -0.143. The second-order valence-electron chi connectivity index (χ2n) is 5.67. The van der Waals surface area contributed by atoms with Crippen molar-refractivity contribution >= 4 is 27.6 Å². The number of sulfonamides is 1. The molecule has 134 valence electrons. The highest BCUT2D eigenvalue weighted by Crippen LogP contribution is 2.38. The Morgan fingerprint density at radius 1 is 1.25 bits per heavy atom. The molecular formula is C15H20ClNO6S. The molecule has 2 atom stereocenters. The van der Waals surface area contributed by atoms with Gasteiger partial charge >= 0.3 is 5.97 Å². The minimum absolute atomic E-state index is 0.00250. The Morgan fingerprint density at radius 3 is 2.38 bits per heavy atom. The number of hydrogen-bond acceptors (Lipinski definition) is 5. The number of aliphatic carboxylic acids is 1. The molecule has 24 heavy (non-hydrogen) atoms. The molecule has 2 unspecified atom stereocenters. The van der Waals surface area contributed by atoms with Crippen LogP contribution in [-0.4, -0.2) is 50.6 Å². The number of carboxylic acid groups (broad SMARTS) is 1. The molecule has 0 aromatic heterocycles. The van der Waals surface area contributed by atoms with Gasteiger partial charge in [0.2, 0.25) is 10.0 Å². The Balaban J connectivity index is 2.47. The van der Waals surface area contributed by atoms with Gasteiger partial charge in [0.1, 0.15) is 4.90 Å². The van der Waals surface area contributed by atoms with Crippen LogP contribution in [0.2, 0.25) is 5.02 Å². The van der Waals surface area contributed by atoms with E-state index in [-0.39, 0.29) is 28.3 Å². The summed E-state index contributed by atoms with van der Waals surface area (Å²) in [5.41, 5.74) is 0. The molecule has 0 spiro atoms. The molecule has 1 heterocycles. The normalized spacial score (nSPS) is 22.2. The van der Waals surface area contributed by atoms with Crippen LogP contribution >= 0.6 is 11.6 Å². The van der Waals surface area contributed by atoms with Gasteiger partial charge in [-0.15, -0.1) is 0 Å². The van der Waals surface area contributed by atoms with E-state index in [9.17, 15) is 18.3 Å². The van der Waals surface area contributed by atoms with Crippen molar-refractivity contribution in [3.8, 4) is 11.5 Å². The van der Waals surface area contributed by atoms with Gasteiger partial charge in [-0.1, -0.05) is 11.6 Å². The van der Waals surface area contributed by atoms with Crippen LogP contribution in [0.3, 0.4) is 0 Å². The first-order chi connectivity index (χ1) is 11.2. The van der Waals surface area contributed by atoms with Gasteiger partial charge in [-0.05, 0) is 19.8 Å². The molecule has 1 N–H and O–H groups in total. The first-order valence-corrected chi connectivity index (χ1v) is 9.20.